The van der Waals surface area contributed by atoms with Crippen LogP contribution in [0.5, 0.6) is 0 Å². The smallest absolute Gasteiger partial charge is 0.0685 e. The Kier molecular flexibility index (Phi) is 5.67. The van der Waals surface area contributed by atoms with E-state index in [9.17, 15) is 0 Å². The minimum absolute atomic E-state index is 0.105. The highest BCUT2D eigenvalue weighted by atomic mass is 35.5. The summed E-state index contributed by atoms with van der Waals surface area (Å²) in [4.78, 5) is 3.58. The van der Waals surface area contributed by atoms with Gasteiger partial charge >= 0.3 is 0 Å². The number of aromatic amines is 1. The number of benzene rings is 2. The Bertz CT molecular complexity index is 920. The highest BCUT2D eigenvalue weighted by molar-refractivity contribution is 6.43. The van der Waals surface area contributed by atoms with Crippen molar-refractivity contribution in [3.05, 3.63) is 57.6 Å². The first-order chi connectivity index (χ1) is 12.3. The molecule has 0 saturated carbocycles. The Morgan fingerprint density at radius 1 is 1.04 bits per heavy atom. The first kappa shape index (κ1) is 19.3. The Morgan fingerprint density at radius 2 is 1.81 bits per heavy atom. The third-order valence-electron chi connectivity index (χ3n) is 4.87. The van der Waals surface area contributed by atoms with E-state index in [1.165, 1.54) is 16.5 Å². The highest BCUT2D eigenvalue weighted by Gasteiger charge is 2.19. The van der Waals surface area contributed by atoms with Crippen molar-refractivity contribution >= 4 is 34.1 Å². The summed E-state index contributed by atoms with van der Waals surface area (Å²) in [6.07, 6.45) is 3.02. The zero-order valence-electron chi connectivity index (χ0n) is 15.6. The van der Waals surface area contributed by atoms with Crippen LogP contribution in [0.15, 0.2) is 36.4 Å². The molecule has 0 atom stereocenters. The molecule has 26 heavy (non-hydrogen) atoms. The van der Waals surface area contributed by atoms with Crippen LogP contribution >= 0.6 is 23.2 Å². The minimum Gasteiger partial charge on any atom is -0.354 e. The molecule has 0 aliphatic rings. The van der Waals surface area contributed by atoms with E-state index < -0.39 is 0 Å². The minimum atomic E-state index is 0.105. The van der Waals surface area contributed by atoms with Gasteiger partial charge in [0, 0.05) is 16.5 Å². The van der Waals surface area contributed by atoms with E-state index in [-0.39, 0.29) is 5.41 Å². The number of unbranched alkanes of at least 4 members (excludes halogenated alkanes) is 1. The van der Waals surface area contributed by atoms with E-state index >= 15 is 0 Å². The zero-order chi connectivity index (χ0) is 18.9. The lowest BCUT2D eigenvalue weighted by molar-refractivity contribution is 0.591. The molecule has 1 heterocycles. The number of nitrogens with two attached hydrogens (primary N) is 1. The first-order valence-electron chi connectivity index (χ1n) is 9.12. The number of aromatic nitrogens is 1. The molecule has 138 valence electrons. The van der Waals surface area contributed by atoms with Gasteiger partial charge in [-0.3, -0.25) is 0 Å². The van der Waals surface area contributed by atoms with Crippen LogP contribution in [0.1, 0.15) is 44.7 Å². The first-order valence-corrected chi connectivity index (χ1v) is 9.88. The van der Waals surface area contributed by atoms with Crippen LogP contribution in [0.4, 0.5) is 0 Å². The fourth-order valence-electron chi connectivity index (χ4n) is 3.35. The van der Waals surface area contributed by atoms with Crippen LogP contribution < -0.4 is 5.73 Å². The molecule has 0 saturated heterocycles. The van der Waals surface area contributed by atoms with Gasteiger partial charge in [0.05, 0.1) is 15.7 Å². The van der Waals surface area contributed by atoms with Gasteiger partial charge in [0.1, 0.15) is 0 Å². The van der Waals surface area contributed by atoms with Gasteiger partial charge in [0.15, 0.2) is 0 Å². The molecule has 0 fully saturated rings. The van der Waals surface area contributed by atoms with Crippen LogP contribution in [-0.4, -0.2) is 11.5 Å². The molecule has 0 radical (unpaired) electrons. The maximum Gasteiger partial charge on any atom is 0.0685 e. The Hall–Kier alpha value is -1.48. The molecule has 4 heteroatoms. The van der Waals surface area contributed by atoms with E-state index in [4.69, 9.17) is 28.9 Å². The second kappa shape index (κ2) is 7.64. The van der Waals surface area contributed by atoms with Gasteiger partial charge in [-0.15, -0.1) is 0 Å². The van der Waals surface area contributed by atoms with Gasteiger partial charge in [-0.2, -0.15) is 0 Å². The fraction of sp³-hybridized carbons (Fsp3) is 0.364. The fourth-order valence-corrected chi connectivity index (χ4v) is 3.74. The molecule has 3 rings (SSSR count). The number of nitrogens with one attached hydrogen (secondary N) is 1. The summed E-state index contributed by atoms with van der Waals surface area (Å²) in [6, 6.07) is 12.5. The molecular weight excluding hydrogens is 363 g/mol. The van der Waals surface area contributed by atoms with Crippen LogP contribution in [-0.2, 0) is 11.8 Å². The molecule has 1 aromatic heterocycles. The lowest BCUT2D eigenvalue weighted by atomic mass is 9.86. The van der Waals surface area contributed by atoms with Crippen molar-refractivity contribution in [2.45, 2.75) is 45.4 Å². The largest absolute Gasteiger partial charge is 0.354 e. The monoisotopic (exact) mass is 388 g/mol. The summed E-state index contributed by atoms with van der Waals surface area (Å²) in [5.41, 5.74) is 11.6. The van der Waals surface area contributed by atoms with E-state index in [1.807, 2.05) is 18.2 Å². The molecule has 2 nitrogen and oxygen atoms in total. The van der Waals surface area contributed by atoms with Crippen molar-refractivity contribution in [3.63, 3.8) is 0 Å². The van der Waals surface area contributed by atoms with Crippen molar-refractivity contribution in [1.29, 1.82) is 0 Å². The molecule has 0 spiro atoms. The van der Waals surface area contributed by atoms with E-state index in [1.54, 1.807) is 0 Å². The Morgan fingerprint density at radius 3 is 2.50 bits per heavy atom. The van der Waals surface area contributed by atoms with Gasteiger partial charge in [-0.1, -0.05) is 62.2 Å². The summed E-state index contributed by atoms with van der Waals surface area (Å²) in [5, 5.41) is 2.43. The van der Waals surface area contributed by atoms with Gasteiger partial charge in [0.2, 0.25) is 0 Å². The quantitative estimate of drug-likeness (QED) is 0.467. The maximum absolute atomic E-state index is 6.52. The Balaban J connectivity index is 2.21. The van der Waals surface area contributed by atoms with Gasteiger partial charge in [-0.25, -0.2) is 0 Å². The molecular formula is C22H26Cl2N2. The summed E-state index contributed by atoms with van der Waals surface area (Å²) in [6.45, 7) is 7.43. The van der Waals surface area contributed by atoms with Crippen molar-refractivity contribution in [2.24, 2.45) is 5.73 Å². The second-order valence-corrected chi connectivity index (χ2v) is 8.62. The summed E-state index contributed by atoms with van der Waals surface area (Å²) >= 11 is 12.8. The summed E-state index contributed by atoms with van der Waals surface area (Å²) in [7, 11) is 0. The van der Waals surface area contributed by atoms with Crippen molar-refractivity contribution in [2.75, 3.05) is 6.54 Å². The predicted octanol–water partition coefficient (Wildman–Crippen LogP) is 6.72. The number of fused-ring (bicyclic) bond motifs is 1. The Labute approximate surface area is 165 Å². The number of hydrogen-bond donors (Lipinski definition) is 2. The third-order valence-corrected chi connectivity index (χ3v) is 5.69. The van der Waals surface area contributed by atoms with Gasteiger partial charge in [0.25, 0.3) is 0 Å². The van der Waals surface area contributed by atoms with Gasteiger partial charge < -0.3 is 10.7 Å². The number of H-pyrrole nitrogens is 1. The standard InChI is InChI=1S/C22H26Cl2N2/c1-22(2,3)14-10-11-19-17(13-14)15(7-4-5-12-25)21(26-19)16-8-6-9-18(23)20(16)24/h6,8-11,13,26H,4-5,7,12,25H2,1-3H3. The number of hydrogen-bond acceptors (Lipinski definition) is 1. The van der Waals surface area contributed by atoms with Crippen LogP contribution in [0.2, 0.25) is 10.0 Å². The number of rotatable bonds is 5. The van der Waals surface area contributed by atoms with E-state index in [0.717, 1.165) is 36.0 Å². The molecule has 3 aromatic rings. The lowest BCUT2D eigenvalue weighted by Gasteiger charge is -2.19. The van der Waals surface area contributed by atoms with Crippen LogP contribution in [0.3, 0.4) is 0 Å². The number of halogens is 2. The van der Waals surface area contributed by atoms with Gasteiger partial charge in [-0.05, 0) is 60.5 Å². The van der Waals surface area contributed by atoms with Crippen molar-refractivity contribution in [1.82, 2.24) is 4.98 Å². The third kappa shape index (κ3) is 3.78. The zero-order valence-corrected chi connectivity index (χ0v) is 17.1. The topological polar surface area (TPSA) is 41.8 Å². The maximum atomic E-state index is 6.52. The average Bonchev–Trinajstić information content (AvgIpc) is 2.94. The summed E-state index contributed by atoms with van der Waals surface area (Å²) in [5.74, 6) is 0. The second-order valence-electron chi connectivity index (χ2n) is 7.84. The molecule has 2 aromatic carbocycles. The predicted molar refractivity (Wildman–Crippen MR) is 114 cm³/mol. The molecule has 0 bridgehead atoms. The molecule has 0 amide bonds. The van der Waals surface area contributed by atoms with Crippen molar-refractivity contribution < 1.29 is 0 Å². The lowest BCUT2D eigenvalue weighted by Crippen LogP contribution is -2.10. The van der Waals surface area contributed by atoms with Crippen molar-refractivity contribution in [3.8, 4) is 11.3 Å². The normalized spacial score (nSPS) is 12.1. The molecule has 0 aliphatic heterocycles. The molecule has 0 unspecified atom stereocenters. The van der Waals surface area contributed by atoms with Crippen LogP contribution in [0, 0.1) is 0 Å². The summed E-state index contributed by atoms with van der Waals surface area (Å²) < 4.78 is 0. The SMILES string of the molecule is CC(C)(C)c1ccc2[nH]c(-c3cccc(Cl)c3Cl)c(CCCCN)c2c1. The molecule has 3 N–H and O–H groups in total. The van der Waals surface area contributed by atoms with E-state index in [0.29, 0.717) is 16.6 Å². The molecule has 0 aliphatic carbocycles. The van der Waals surface area contributed by atoms with E-state index in [2.05, 4.69) is 44.0 Å². The average molecular weight is 389 g/mol. The highest BCUT2D eigenvalue weighted by Crippen LogP contribution is 2.39. The van der Waals surface area contributed by atoms with Crippen LogP contribution in [0.25, 0.3) is 22.2 Å². The number of aryl methyl sites for hydroxylation is 1.